The van der Waals surface area contributed by atoms with E-state index in [-0.39, 0.29) is 18.4 Å². The molecule has 5 nitrogen and oxygen atoms in total. The number of methoxy groups -OCH3 is 1. The van der Waals surface area contributed by atoms with Crippen LogP contribution in [0.2, 0.25) is 0 Å². The lowest BCUT2D eigenvalue weighted by molar-refractivity contribution is 0.000714. The van der Waals surface area contributed by atoms with Crippen molar-refractivity contribution >= 4 is 5.57 Å². The van der Waals surface area contributed by atoms with E-state index in [1.54, 1.807) is 11.8 Å². The molecule has 2 aliphatic heterocycles. The second-order valence-electron chi connectivity index (χ2n) is 9.03. The summed E-state index contributed by atoms with van der Waals surface area (Å²) in [5.41, 5.74) is 5.42. The number of likely N-dealkylation sites (N-methyl/N-ethyl adjacent to an activating group) is 1. The molecule has 1 unspecified atom stereocenters. The molecule has 0 N–H and O–H groups in total. The number of rotatable bonds is 5. The van der Waals surface area contributed by atoms with E-state index in [4.69, 9.17) is 4.74 Å². The average molecular weight is 380 g/mol. The monoisotopic (exact) mass is 380 g/mol. The molecule has 0 bridgehead atoms. The number of aromatic nitrogens is 2. The van der Waals surface area contributed by atoms with E-state index in [0.29, 0.717) is 0 Å². The average Bonchev–Trinajstić information content (AvgIpc) is 3.03. The molecule has 1 aliphatic carbocycles. The molecule has 3 aliphatic rings. The number of halogens is 2. The third-order valence-corrected chi connectivity index (χ3v) is 6.19. The summed E-state index contributed by atoms with van der Waals surface area (Å²) in [7, 11) is 5.91. The van der Waals surface area contributed by atoms with Crippen molar-refractivity contribution in [2.45, 2.75) is 51.6 Å². The van der Waals surface area contributed by atoms with Crippen LogP contribution in [0.25, 0.3) is 5.57 Å². The van der Waals surface area contributed by atoms with Crippen LogP contribution in [0.4, 0.5) is 8.78 Å². The van der Waals surface area contributed by atoms with E-state index in [9.17, 15) is 8.78 Å². The quantitative estimate of drug-likeness (QED) is 0.786. The number of hydrogen-bond donors (Lipinski definition) is 0. The van der Waals surface area contributed by atoms with Crippen molar-refractivity contribution in [1.82, 2.24) is 19.6 Å². The molecule has 150 valence electrons. The number of allylic oxidation sites excluding steroid dienone is 2. The minimum absolute atomic E-state index is 0.0989. The van der Waals surface area contributed by atoms with Crippen LogP contribution in [-0.4, -0.2) is 66.4 Å². The Labute approximate surface area is 159 Å². The number of nitrogens with zero attached hydrogens (tertiary/aromatic N) is 4. The van der Waals surface area contributed by atoms with Gasteiger partial charge in [0.2, 0.25) is 0 Å². The highest BCUT2D eigenvalue weighted by Crippen LogP contribution is 2.49. The zero-order chi connectivity index (χ0) is 19.4. The van der Waals surface area contributed by atoms with Crippen LogP contribution in [-0.2, 0) is 24.2 Å². The van der Waals surface area contributed by atoms with Gasteiger partial charge in [-0.3, -0.25) is 4.68 Å². The fraction of sp³-hybridized carbons (Fsp3) is 0.750. The molecule has 1 aromatic rings. The second-order valence-corrected chi connectivity index (χ2v) is 9.03. The first kappa shape index (κ1) is 18.9. The largest absolute Gasteiger partial charge is 0.384 e. The van der Waals surface area contributed by atoms with E-state index >= 15 is 0 Å². The van der Waals surface area contributed by atoms with Crippen LogP contribution in [0, 0.1) is 5.41 Å². The first-order valence-corrected chi connectivity index (χ1v) is 9.79. The normalized spacial score (nSPS) is 26.4. The van der Waals surface area contributed by atoms with E-state index < -0.39 is 5.92 Å². The summed E-state index contributed by atoms with van der Waals surface area (Å²) in [6.45, 7) is 5.32. The zero-order valence-corrected chi connectivity index (χ0v) is 16.8. The summed E-state index contributed by atoms with van der Waals surface area (Å²) in [6.07, 6.45) is 2.68. The standard InChI is InChI=1S/C20H30F2N4O/c1-19(13-27-4)6-5-14-16(9-19)25(8-7-24(2)3)11-15-18(14)17-10-20(21,22)12-26(17)23-15/h5-13H2,1-4H3. The Morgan fingerprint density at radius 1 is 1.26 bits per heavy atom. The van der Waals surface area contributed by atoms with Crippen LogP contribution in [0.5, 0.6) is 0 Å². The molecule has 0 aromatic carbocycles. The fourth-order valence-corrected chi connectivity index (χ4v) is 4.87. The van der Waals surface area contributed by atoms with Crippen LogP contribution < -0.4 is 0 Å². The van der Waals surface area contributed by atoms with Gasteiger partial charge in [-0.15, -0.1) is 0 Å². The predicted molar refractivity (Wildman–Crippen MR) is 101 cm³/mol. The van der Waals surface area contributed by atoms with Crippen molar-refractivity contribution in [2.75, 3.05) is 40.9 Å². The maximum atomic E-state index is 14.0. The lowest BCUT2D eigenvalue weighted by Gasteiger charge is -2.43. The molecule has 0 saturated carbocycles. The Bertz CT molecular complexity index is 770. The highest BCUT2D eigenvalue weighted by Gasteiger charge is 2.45. The molecule has 0 saturated heterocycles. The van der Waals surface area contributed by atoms with Crippen molar-refractivity contribution < 1.29 is 13.5 Å². The Morgan fingerprint density at radius 2 is 2.04 bits per heavy atom. The van der Waals surface area contributed by atoms with Gasteiger partial charge in [0.15, 0.2) is 0 Å². The highest BCUT2D eigenvalue weighted by atomic mass is 19.3. The van der Waals surface area contributed by atoms with Gasteiger partial charge in [-0.1, -0.05) is 6.92 Å². The number of ether oxygens (including phenoxy) is 1. The lowest BCUT2D eigenvalue weighted by Crippen LogP contribution is -2.39. The molecule has 0 fully saturated rings. The van der Waals surface area contributed by atoms with Crippen LogP contribution in [0.15, 0.2) is 5.70 Å². The van der Waals surface area contributed by atoms with Crippen molar-refractivity contribution in [1.29, 1.82) is 0 Å². The van der Waals surface area contributed by atoms with E-state index in [0.717, 1.165) is 62.5 Å². The van der Waals surface area contributed by atoms with E-state index in [1.807, 2.05) is 0 Å². The van der Waals surface area contributed by atoms with Gasteiger partial charge in [0.1, 0.15) is 6.54 Å². The molecule has 0 spiro atoms. The zero-order valence-electron chi connectivity index (χ0n) is 16.8. The van der Waals surface area contributed by atoms with Gasteiger partial charge in [-0.05, 0) is 44.3 Å². The molecule has 3 heterocycles. The summed E-state index contributed by atoms with van der Waals surface area (Å²) in [5.74, 6) is -2.67. The molecule has 1 atom stereocenters. The lowest BCUT2D eigenvalue weighted by atomic mass is 9.72. The van der Waals surface area contributed by atoms with Crippen LogP contribution in [0.1, 0.15) is 43.1 Å². The number of hydrogen-bond acceptors (Lipinski definition) is 4. The molecule has 0 amide bonds. The summed E-state index contributed by atoms with van der Waals surface area (Å²) in [5, 5.41) is 4.59. The Kier molecular flexibility index (Phi) is 4.58. The van der Waals surface area contributed by atoms with Gasteiger partial charge in [0.25, 0.3) is 5.92 Å². The molecular formula is C20H30F2N4O. The predicted octanol–water partition coefficient (Wildman–Crippen LogP) is 3.00. The SMILES string of the molecule is COCC1(C)CCC2=C(C1)N(CCN(C)C)Cc1nn3c(c12)CC(F)(F)C3. The molecule has 27 heavy (non-hydrogen) atoms. The molecule has 4 rings (SSSR count). The van der Waals surface area contributed by atoms with Crippen molar-refractivity contribution in [2.24, 2.45) is 5.41 Å². The van der Waals surface area contributed by atoms with Crippen molar-refractivity contribution in [3.8, 4) is 0 Å². The summed E-state index contributed by atoms with van der Waals surface area (Å²) in [4.78, 5) is 4.60. The van der Waals surface area contributed by atoms with Crippen molar-refractivity contribution in [3.63, 3.8) is 0 Å². The van der Waals surface area contributed by atoms with Crippen molar-refractivity contribution in [3.05, 3.63) is 22.6 Å². The third kappa shape index (κ3) is 3.40. The van der Waals surface area contributed by atoms with Crippen LogP contribution in [0.3, 0.4) is 0 Å². The minimum atomic E-state index is -2.67. The first-order chi connectivity index (χ1) is 12.7. The Hall–Kier alpha value is -1.47. The van der Waals surface area contributed by atoms with Gasteiger partial charge in [0, 0.05) is 31.5 Å². The van der Waals surface area contributed by atoms with Gasteiger partial charge in [-0.2, -0.15) is 5.10 Å². The second kappa shape index (κ2) is 6.55. The smallest absolute Gasteiger partial charge is 0.272 e. The molecule has 1 aromatic heterocycles. The highest BCUT2D eigenvalue weighted by molar-refractivity contribution is 5.75. The van der Waals surface area contributed by atoms with Gasteiger partial charge in [-0.25, -0.2) is 8.78 Å². The molecular weight excluding hydrogens is 350 g/mol. The fourth-order valence-electron chi connectivity index (χ4n) is 4.87. The summed E-state index contributed by atoms with van der Waals surface area (Å²) < 4.78 is 35.0. The number of alkyl halides is 2. The molecule has 0 radical (unpaired) electrons. The van der Waals surface area contributed by atoms with Gasteiger partial charge in [0.05, 0.1) is 31.0 Å². The summed E-state index contributed by atoms with van der Waals surface area (Å²) >= 11 is 0. The molecule has 7 heteroatoms. The van der Waals surface area contributed by atoms with E-state index in [1.165, 1.54) is 11.3 Å². The Balaban J connectivity index is 1.73. The number of fused-ring (bicyclic) bond motifs is 4. The maximum Gasteiger partial charge on any atom is 0.272 e. The first-order valence-electron chi connectivity index (χ1n) is 9.79. The third-order valence-electron chi connectivity index (χ3n) is 6.19. The van der Waals surface area contributed by atoms with Gasteiger partial charge >= 0.3 is 0 Å². The van der Waals surface area contributed by atoms with Gasteiger partial charge < -0.3 is 14.5 Å². The maximum absolute atomic E-state index is 14.0. The summed E-state index contributed by atoms with van der Waals surface area (Å²) in [6, 6.07) is 0. The topological polar surface area (TPSA) is 33.5 Å². The van der Waals surface area contributed by atoms with E-state index in [2.05, 4.69) is 35.9 Å². The Morgan fingerprint density at radius 3 is 2.74 bits per heavy atom. The minimum Gasteiger partial charge on any atom is -0.384 e. The van der Waals surface area contributed by atoms with Crippen LogP contribution >= 0.6 is 0 Å².